The quantitative estimate of drug-likeness (QED) is 0.293. The van der Waals surface area contributed by atoms with Gasteiger partial charge in [-0.3, -0.25) is 10.1 Å². The Kier molecular flexibility index (Phi) is 7.20. The zero-order chi connectivity index (χ0) is 23.5. The van der Waals surface area contributed by atoms with Crippen molar-refractivity contribution in [1.29, 1.82) is 5.26 Å². The van der Waals surface area contributed by atoms with Gasteiger partial charge in [-0.15, -0.1) is 11.3 Å². The Labute approximate surface area is 211 Å². The van der Waals surface area contributed by atoms with Crippen LogP contribution in [0.25, 0.3) is 17.4 Å². The molecule has 4 rings (SSSR count). The summed E-state index contributed by atoms with van der Waals surface area (Å²) in [5.41, 5.74) is 2.43. The second kappa shape index (κ2) is 10.1. The molecule has 2 aromatic heterocycles. The smallest absolute Gasteiger partial charge is 0.250 e. The number of carbonyl (C=O) groups is 1. The van der Waals surface area contributed by atoms with Crippen LogP contribution >= 0.6 is 46.8 Å². The lowest BCUT2D eigenvalue weighted by molar-refractivity contribution is -0.115. The minimum Gasteiger partial charge on any atom is -0.457 e. The maximum absolute atomic E-state index is 12.3. The Morgan fingerprint density at radius 3 is 2.91 bits per heavy atom. The van der Waals surface area contributed by atoms with Crippen molar-refractivity contribution in [3.05, 3.63) is 68.2 Å². The van der Waals surface area contributed by atoms with Gasteiger partial charge in [0.15, 0.2) is 5.11 Å². The first kappa shape index (κ1) is 23.5. The molecule has 0 spiro atoms. The Morgan fingerprint density at radius 1 is 1.33 bits per heavy atom. The molecular formula is C24H19Cl2N3O2S2. The van der Waals surface area contributed by atoms with E-state index in [1.807, 2.05) is 0 Å². The minimum absolute atomic E-state index is 0.140. The molecule has 0 aliphatic heterocycles. The lowest BCUT2D eigenvalue weighted by Crippen LogP contribution is -2.32. The average Bonchev–Trinajstić information content (AvgIpc) is 3.35. The molecule has 0 fully saturated rings. The first-order valence-electron chi connectivity index (χ1n) is 10.2. The number of anilines is 1. The molecule has 1 aromatic carbocycles. The van der Waals surface area contributed by atoms with Crippen molar-refractivity contribution in [1.82, 2.24) is 5.32 Å². The van der Waals surface area contributed by atoms with Crippen LogP contribution in [0.4, 0.5) is 5.00 Å². The normalized spacial score (nSPS) is 15.2. The van der Waals surface area contributed by atoms with Gasteiger partial charge in [-0.05, 0) is 79.4 Å². The van der Waals surface area contributed by atoms with Gasteiger partial charge in [0.05, 0.1) is 10.6 Å². The van der Waals surface area contributed by atoms with Crippen molar-refractivity contribution >= 4 is 68.9 Å². The largest absolute Gasteiger partial charge is 0.457 e. The van der Waals surface area contributed by atoms with Crippen LogP contribution in [0.1, 0.15) is 35.1 Å². The summed E-state index contributed by atoms with van der Waals surface area (Å²) in [7, 11) is 0. The van der Waals surface area contributed by atoms with E-state index in [1.165, 1.54) is 28.4 Å². The zero-order valence-electron chi connectivity index (χ0n) is 17.6. The summed E-state index contributed by atoms with van der Waals surface area (Å²) in [6.07, 6.45) is 5.79. The summed E-state index contributed by atoms with van der Waals surface area (Å²) in [5, 5.41) is 17.1. The number of hydrogen-bond acceptors (Lipinski definition) is 5. The predicted molar refractivity (Wildman–Crippen MR) is 138 cm³/mol. The molecule has 1 amide bonds. The average molecular weight is 516 g/mol. The van der Waals surface area contributed by atoms with Gasteiger partial charge in [0, 0.05) is 21.5 Å². The SMILES string of the molecule is C[C@@H]1CCc2c(sc(NC(=S)NC(=O)/C=C/c3ccc(-c4ccc(Cl)cc4Cl)o3)c2C#N)C1. The second-order valence-corrected chi connectivity index (χ2v) is 10.1. The van der Waals surface area contributed by atoms with E-state index in [1.54, 1.807) is 30.3 Å². The summed E-state index contributed by atoms with van der Waals surface area (Å²) in [5.74, 6) is 1.24. The first-order chi connectivity index (χ1) is 15.8. The molecular weight excluding hydrogens is 497 g/mol. The van der Waals surface area contributed by atoms with Crippen LogP contribution in [-0.4, -0.2) is 11.0 Å². The summed E-state index contributed by atoms with van der Waals surface area (Å²) in [4.78, 5) is 13.5. The summed E-state index contributed by atoms with van der Waals surface area (Å²) < 4.78 is 5.75. The number of thiocarbonyl (C=S) groups is 1. The summed E-state index contributed by atoms with van der Waals surface area (Å²) in [6.45, 7) is 2.21. The highest BCUT2D eigenvalue weighted by molar-refractivity contribution is 7.80. The highest BCUT2D eigenvalue weighted by Gasteiger charge is 2.24. The number of rotatable bonds is 4. The molecule has 2 N–H and O–H groups in total. The number of fused-ring (bicyclic) bond motifs is 1. The third kappa shape index (κ3) is 5.48. The van der Waals surface area contributed by atoms with Crippen molar-refractivity contribution in [2.75, 3.05) is 5.32 Å². The van der Waals surface area contributed by atoms with E-state index in [0.717, 1.165) is 24.8 Å². The minimum atomic E-state index is -0.413. The third-order valence-electron chi connectivity index (χ3n) is 5.31. The van der Waals surface area contributed by atoms with E-state index in [0.29, 0.717) is 43.6 Å². The number of nitrogens with zero attached hydrogens (tertiary/aromatic N) is 1. The molecule has 33 heavy (non-hydrogen) atoms. The Hall–Kier alpha value is -2.63. The topological polar surface area (TPSA) is 78.1 Å². The second-order valence-electron chi connectivity index (χ2n) is 7.77. The number of benzene rings is 1. The number of hydrogen-bond donors (Lipinski definition) is 2. The van der Waals surface area contributed by atoms with E-state index >= 15 is 0 Å². The molecule has 1 aliphatic rings. The predicted octanol–water partition coefficient (Wildman–Crippen LogP) is 6.84. The molecule has 1 atom stereocenters. The van der Waals surface area contributed by atoms with E-state index in [2.05, 4.69) is 23.6 Å². The molecule has 0 unspecified atom stereocenters. The molecule has 0 saturated heterocycles. The van der Waals surface area contributed by atoms with Gasteiger partial charge in [-0.1, -0.05) is 30.1 Å². The Balaban J connectivity index is 1.38. The standard InChI is InChI=1S/C24H19Cl2N3O2S2/c1-13-2-6-16-18(12-27)23(33-21(16)10-13)29-24(32)28-22(30)9-5-15-4-8-20(31-15)17-7-3-14(25)11-19(17)26/h3-5,7-9,11,13H,2,6,10H2,1H3,(H2,28,29,30,32)/b9-5+/t13-/m1/s1. The molecule has 0 radical (unpaired) electrons. The van der Waals surface area contributed by atoms with Crippen LogP contribution in [0.2, 0.25) is 10.0 Å². The number of thiophene rings is 1. The van der Waals surface area contributed by atoms with Gasteiger partial charge >= 0.3 is 0 Å². The molecule has 0 saturated carbocycles. The van der Waals surface area contributed by atoms with Gasteiger partial charge in [0.2, 0.25) is 5.91 Å². The molecule has 9 heteroatoms. The van der Waals surface area contributed by atoms with Crippen molar-refractivity contribution < 1.29 is 9.21 Å². The maximum Gasteiger partial charge on any atom is 0.250 e. The zero-order valence-corrected chi connectivity index (χ0v) is 20.7. The number of amides is 1. The molecule has 0 bridgehead atoms. The first-order valence-corrected chi connectivity index (χ1v) is 12.2. The summed E-state index contributed by atoms with van der Waals surface area (Å²) in [6, 6.07) is 10.9. The van der Waals surface area contributed by atoms with Crippen LogP contribution < -0.4 is 10.6 Å². The Bertz CT molecular complexity index is 1300. The van der Waals surface area contributed by atoms with E-state index in [-0.39, 0.29) is 5.11 Å². The van der Waals surface area contributed by atoms with E-state index in [4.69, 9.17) is 39.8 Å². The van der Waals surface area contributed by atoms with Crippen molar-refractivity contribution in [2.24, 2.45) is 5.92 Å². The lowest BCUT2D eigenvalue weighted by atomic mass is 9.89. The van der Waals surface area contributed by atoms with Gasteiger partial charge in [0.1, 0.15) is 22.6 Å². The number of carbonyl (C=O) groups excluding carboxylic acids is 1. The molecule has 5 nitrogen and oxygen atoms in total. The van der Waals surface area contributed by atoms with Crippen molar-refractivity contribution in [3.8, 4) is 17.4 Å². The number of furan rings is 1. The fourth-order valence-electron chi connectivity index (χ4n) is 3.68. The van der Waals surface area contributed by atoms with E-state index in [9.17, 15) is 10.1 Å². The highest BCUT2D eigenvalue weighted by Crippen LogP contribution is 2.39. The number of nitriles is 1. The molecule has 3 aromatic rings. The van der Waals surface area contributed by atoms with Crippen LogP contribution in [0.5, 0.6) is 0 Å². The van der Waals surface area contributed by atoms with Crippen LogP contribution in [0.15, 0.2) is 40.8 Å². The fraction of sp³-hybridized carbons (Fsp3) is 0.208. The van der Waals surface area contributed by atoms with Crippen molar-refractivity contribution in [2.45, 2.75) is 26.2 Å². The highest BCUT2D eigenvalue weighted by atomic mass is 35.5. The molecule has 2 heterocycles. The van der Waals surface area contributed by atoms with Gasteiger partial charge in [-0.25, -0.2) is 0 Å². The van der Waals surface area contributed by atoms with Gasteiger partial charge in [-0.2, -0.15) is 5.26 Å². The summed E-state index contributed by atoms with van der Waals surface area (Å²) >= 11 is 19.0. The third-order valence-corrected chi connectivity index (χ3v) is 7.23. The lowest BCUT2D eigenvalue weighted by Gasteiger charge is -2.17. The number of halogens is 2. The molecule has 168 valence electrons. The monoisotopic (exact) mass is 515 g/mol. The van der Waals surface area contributed by atoms with Crippen LogP contribution in [-0.2, 0) is 17.6 Å². The van der Waals surface area contributed by atoms with Crippen LogP contribution in [0, 0.1) is 17.2 Å². The van der Waals surface area contributed by atoms with Gasteiger partial charge < -0.3 is 9.73 Å². The van der Waals surface area contributed by atoms with Crippen molar-refractivity contribution in [3.63, 3.8) is 0 Å². The number of nitrogens with one attached hydrogen (secondary N) is 2. The van der Waals surface area contributed by atoms with Crippen LogP contribution in [0.3, 0.4) is 0 Å². The van der Waals surface area contributed by atoms with Gasteiger partial charge in [0.25, 0.3) is 0 Å². The fourth-order valence-corrected chi connectivity index (χ4v) is 5.81. The molecule has 1 aliphatic carbocycles. The maximum atomic E-state index is 12.3. The Morgan fingerprint density at radius 2 is 2.15 bits per heavy atom. The van der Waals surface area contributed by atoms with E-state index < -0.39 is 5.91 Å².